The summed E-state index contributed by atoms with van der Waals surface area (Å²) in [6.45, 7) is 2.55. The first kappa shape index (κ1) is 15.7. The number of hydrogen-bond acceptors (Lipinski definition) is 3. The van der Waals surface area contributed by atoms with Crippen LogP contribution in [-0.4, -0.2) is 31.9 Å². The molecule has 2 rings (SSSR count). The van der Waals surface area contributed by atoms with E-state index < -0.39 is 15.8 Å². The fourth-order valence-electron chi connectivity index (χ4n) is 2.66. The summed E-state index contributed by atoms with van der Waals surface area (Å²) in [4.78, 5) is -0.377. The zero-order valence-electron chi connectivity index (χ0n) is 11.2. The molecule has 1 fully saturated rings. The van der Waals surface area contributed by atoms with Gasteiger partial charge in [-0.1, -0.05) is 18.5 Å². The van der Waals surface area contributed by atoms with Crippen molar-refractivity contribution in [1.82, 2.24) is 4.31 Å². The summed E-state index contributed by atoms with van der Waals surface area (Å²) in [5, 5.41) is 0.194. The average Bonchev–Trinajstić information content (AvgIpc) is 2.41. The second kappa shape index (κ2) is 5.97. The highest BCUT2D eigenvalue weighted by Gasteiger charge is 2.37. The minimum absolute atomic E-state index is 0.158. The van der Waals surface area contributed by atoms with Gasteiger partial charge in [0.2, 0.25) is 10.0 Å². The van der Waals surface area contributed by atoms with E-state index in [0.29, 0.717) is 6.54 Å². The second-order valence-electron chi connectivity index (χ2n) is 5.11. The van der Waals surface area contributed by atoms with Gasteiger partial charge in [-0.15, -0.1) is 0 Å². The van der Waals surface area contributed by atoms with Gasteiger partial charge in [-0.2, -0.15) is 4.31 Å². The summed E-state index contributed by atoms with van der Waals surface area (Å²) in [6, 6.07) is 3.25. The standard InChI is InChI=1S/C13H18ClFN2O2S/c1-9-3-2-6-17(12(9)8-16)20(18,19)13-7-10(14)4-5-11(13)15/h4-5,7,9,12H,2-3,6,8,16H2,1H3. The lowest BCUT2D eigenvalue weighted by Gasteiger charge is -2.38. The van der Waals surface area contributed by atoms with Crippen molar-refractivity contribution in [3.8, 4) is 0 Å². The van der Waals surface area contributed by atoms with E-state index in [2.05, 4.69) is 0 Å². The number of benzene rings is 1. The van der Waals surface area contributed by atoms with Crippen molar-refractivity contribution < 1.29 is 12.8 Å². The number of rotatable bonds is 3. The van der Waals surface area contributed by atoms with Gasteiger partial charge in [0.05, 0.1) is 0 Å². The Balaban J connectivity index is 2.45. The van der Waals surface area contributed by atoms with E-state index >= 15 is 0 Å². The molecule has 0 amide bonds. The van der Waals surface area contributed by atoms with E-state index in [1.807, 2.05) is 6.92 Å². The molecular formula is C13H18ClFN2O2S. The van der Waals surface area contributed by atoms with Crippen LogP contribution in [0.15, 0.2) is 23.1 Å². The molecule has 0 bridgehead atoms. The molecule has 0 aliphatic carbocycles. The van der Waals surface area contributed by atoms with Crippen LogP contribution in [0.1, 0.15) is 19.8 Å². The number of nitrogens with zero attached hydrogens (tertiary/aromatic N) is 1. The molecule has 1 aliphatic heterocycles. The zero-order valence-corrected chi connectivity index (χ0v) is 12.8. The van der Waals surface area contributed by atoms with Gasteiger partial charge in [-0.25, -0.2) is 12.8 Å². The minimum Gasteiger partial charge on any atom is -0.329 e. The fourth-order valence-corrected chi connectivity index (χ4v) is 4.76. The van der Waals surface area contributed by atoms with E-state index in [0.717, 1.165) is 25.0 Å². The Bertz CT molecular complexity index is 594. The van der Waals surface area contributed by atoms with E-state index in [1.165, 1.54) is 10.4 Å². The molecule has 1 aromatic carbocycles. The van der Waals surface area contributed by atoms with E-state index in [9.17, 15) is 12.8 Å². The summed E-state index contributed by atoms with van der Waals surface area (Å²) in [6.07, 6.45) is 1.67. The van der Waals surface area contributed by atoms with Crippen LogP contribution in [0.4, 0.5) is 4.39 Å². The fraction of sp³-hybridized carbons (Fsp3) is 0.538. The van der Waals surface area contributed by atoms with E-state index in [4.69, 9.17) is 17.3 Å². The van der Waals surface area contributed by atoms with Crippen molar-refractivity contribution in [2.45, 2.75) is 30.7 Å². The highest BCUT2D eigenvalue weighted by Crippen LogP contribution is 2.30. The first-order chi connectivity index (χ1) is 9.37. The van der Waals surface area contributed by atoms with Crippen LogP contribution < -0.4 is 5.73 Å². The molecule has 1 saturated heterocycles. The maximum Gasteiger partial charge on any atom is 0.246 e. The number of nitrogens with two attached hydrogens (primary N) is 1. The Morgan fingerprint density at radius 1 is 1.50 bits per heavy atom. The predicted octanol–water partition coefficient (Wildman–Crippen LogP) is 2.23. The average molecular weight is 321 g/mol. The number of hydrogen-bond donors (Lipinski definition) is 1. The Morgan fingerprint density at radius 3 is 2.85 bits per heavy atom. The third-order valence-electron chi connectivity index (χ3n) is 3.79. The van der Waals surface area contributed by atoms with Gasteiger partial charge in [-0.05, 0) is 37.0 Å². The van der Waals surface area contributed by atoms with Crippen molar-refractivity contribution in [3.63, 3.8) is 0 Å². The molecule has 4 nitrogen and oxygen atoms in total. The van der Waals surface area contributed by atoms with E-state index in [-0.39, 0.29) is 28.4 Å². The summed E-state index contributed by atoms with van der Waals surface area (Å²) in [5.74, 6) is -0.630. The van der Waals surface area contributed by atoms with Crippen molar-refractivity contribution >= 4 is 21.6 Å². The van der Waals surface area contributed by atoms with Gasteiger partial charge in [0, 0.05) is 24.2 Å². The normalized spacial score (nSPS) is 24.8. The van der Waals surface area contributed by atoms with Gasteiger partial charge in [-0.3, -0.25) is 0 Å². The number of piperidine rings is 1. The molecule has 1 heterocycles. The summed E-state index contributed by atoms with van der Waals surface area (Å²) < 4.78 is 40.5. The maximum atomic E-state index is 13.9. The molecule has 1 aliphatic rings. The van der Waals surface area contributed by atoms with Crippen molar-refractivity contribution in [1.29, 1.82) is 0 Å². The molecule has 2 atom stereocenters. The lowest BCUT2D eigenvalue weighted by atomic mass is 9.93. The molecule has 0 aromatic heterocycles. The van der Waals surface area contributed by atoms with Crippen molar-refractivity contribution in [2.75, 3.05) is 13.1 Å². The molecule has 0 radical (unpaired) electrons. The van der Waals surface area contributed by atoms with Crippen LogP contribution in [0, 0.1) is 11.7 Å². The van der Waals surface area contributed by atoms with Gasteiger partial charge >= 0.3 is 0 Å². The monoisotopic (exact) mass is 320 g/mol. The Morgan fingerprint density at radius 2 is 2.20 bits per heavy atom. The molecule has 1 aromatic rings. The first-order valence-corrected chi connectivity index (χ1v) is 8.36. The third kappa shape index (κ3) is 2.83. The van der Waals surface area contributed by atoms with Gasteiger partial charge < -0.3 is 5.73 Å². The van der Waals surface area contributed by atoms with Gasteiger partial charge in [0.25, 0.3) is 0 Å². The van der Waals surface area contributed by atoms with Crippen LogP contribution in [0.5, 0.6) is 0 Å². The molecule has 7 heteroatoms. The van der Waals surface area contributed by atoms with Crippen LogP contribution in [-0.2, 0) is 10.0 Å². The first-order valence-electron chi connectivity index (χ1n) is 6.55. The summed E-state index contributed by atoms with van der Waals surface area (Å²) in [5.41, 5.74) is 5.70. The van der Waals surface area contributed by atoms with Gasteiger partial charge in [0.1, 0.15) is 10.7 Å². The summed E-state index contributed by atoms with van der Waals surface area (Å²) in [7, 11) is -3.92. The minimum atomic E-state index is -3.92. The predicted molar refractivity (Wildman–Crippen MR) is 76.5 cm³/mol. The van der Waals surface area contributed by atoms with E-state index in [1.54, 1.807) is 0 Å². The molecule has 20 heavy (non-hydrogen) atoms. The van der Waals surface area contributed by atoms with Crippen LogP contribution >= 0.6 is 11.6 Å². The molecule has 0 saturated carbocycles. The highest BCUT2D eigenvalue weighted by molar-refractivity contribution is 7.89. The van der Waals surface area contributed by atoms with Crippen molar-refractivity contribution in [2.24, 2.45) is 11.7 Å². The number of sulfonamides is 1. The van der Waals surface area contributed by atoms with Crippen molar-refractivity contribution in [3.05, 3.63) is 29.0 Å². The SMILES string of the molecule is CC1CCCN(S(=O)(=O)c2cc(Cl)ccc2F)C1CN. The molecule has 112 valence electrons. The van der Waals surface area contributed by atoms with Crippen LogP contribution in [0.25, 0.3) is 0 Å². The Hall–Kier alpha value is -0.690. The Labute approximate surface area is 123 Å². The molecule has 2 unspecified atom stereocenters. The summed E-state index contributed by atoms with van der Waals surface area (Å²) >= 11 is 5.79. The highest BCUT2D eigenvalue weighted by atomic mass is 35.5. The van der Waals surface area contributed by atoms with Crippen LogP contribution in [0.2, 0.25) is 5.02 Å². The Kier molecular flexibility index (Phi) is 4.69. The lowest BCUT2D eigenvalue weighted by molar-refractivity contribution is 0.192. The lowest BCUT2D eigenvalue weighted by Crippen LogP contribution is -2.51. The maximum absolute atomic E-state index is 13.9. The third-order valence-corrected chi connectivity index (χ3v) is 5.96. The molecule has 0 spiro atoms. The largest absolute Gasteiger partial charge is 0.329 e. The zero-order chi connectivity index (χ0) is 14.9. The molecular weight excluding hydrogens is 303 g/mol. The topological polar surface area (TPSA) is 63.4 Å². The quantitative estimate of drug-likeness (QED) is 0.929. The molecule has 2 N–H and O–H groups in total. The smallest absolute Gasteiger partial charge is 0.246 e. The van der Waals surface area contributed by atoms with Gasteiger partial charge in [0.15, 0.2) is 0 Å². The number of halogens is 2. The van der Waals surface area contributed by atoms with Crippen LogP contribution in [0.3, 0.4) is 0 Å². The second-order valence-corrected chi connectivity index (χ2v) is 7.41.